The molecule has 0 saturated carbocycles. The highest BCUT2D eigenvalue weighted by molar-refractivity contribution is 4.63. The molecule has 0 spiro atoms. The van der Waals surface area contributed by atoms with Gasteiger partial charge < -0.3 is 10.2 Å². The first-order chi connectivity index (χ1) is 10.7. The maximum Gasteiger partial charge on any atom is 0.0564 e. The van der Waals surface area contributed by atoms with Crippen molar-refractivity contribution in [1.29, 1.82) is 0 Å². The molecule has 0 aromatic heterocycles. The summed E-state index contributed by atoms with van der Waals surface area (Å²) in [6.45, 7) is 4.34. The van der Waals surface area contributed by atoms with Crippen LogP contribution in [0.25, 0.3) is 0 Å². The average molecular weight is 315 g/mol. The van der Waals surface area contributed by atoms with Crippen molar-refractivity contribution in [3.8, 4) is 0 Å². The molecule has 2 N–H and O–H groups in total. The molecule has 0 radical (unpaired) electrons. The number of aliphatic hydroxyl groups excluding tert-OH is 2. The molecule has 0 heterocycles. The van der Waals surface area contributed by atoms with E-state index in [0.717, 1.165) is 25.7 Å². The van der Waals surface area contributed by atoms with Crippen LogP contribution in [0.5, 0.6) is 0 Å². The van der Waals surface area contributed by atoms with E-state index in [1.165, 1.54) is 70.6 Å². The fourth-order valence-corrected chi connectivity index (χ4v) is 3.10. The SMILES string of the molecule is CCCCCCCCCCCCCCC(O)CC(O)CCC. The molecule has 0 aromatic rings. The van der Waals surface area contributed by atoms with Gasteiger partial charge in [0.05, 0.1) is 12.2 Å². The van der Waals surface area contributed by atoms with Crippen molar-refractivity contribution in [2.24, 2.45) is 0 Å². The minimum absolute atomic E-state index is 0.301. The summed E-state index contributed by atoms with van der Waals surface area (Å²) in [7, 11) is 0. The molecule has 0 aliphatic rings. The summed E-state index contributed by atoms with van der Waals surface area (Å²) in [6, 6.07) is 0. The predicted octanol–water partition coefficient (Wildman–Crippen LogP) is 5.99. The standard InChI is InChI=1S/C20H42O2/c1-3-5-6-7-8-9-10-11-12-13-14-15-17-20(22)18-19(21)16-4-2/h19-22H,3-18H2,1-2H3. The van der Waals surface area contributed by atoms with Crippen LogP contribution < -0.4 is 0 Å². The quantitative estimate of drug-likeness (QED) is 0.324. The van der Waals surface area contributed by atoms with E-state index in [-0.39, 0.29) is 12.2 Å². The zero-order valence-corrected chi connectivity index (χ0v) is 15.4. The third kappa shape index (κ3) is 16.3. The molecule has 0 bridgehead atoms. The molecule has 0 rings (SSSR count). The van der Waals surface area contributed by atoms with Crippen LogP contribution in [-0.2, 0) is 0 Å². The van der Waals surface area contributed by atoms with Gasteiger partial charge in [-0.05, 0) is 19.3 Å². The molecular weight excluding hydrogens is 272 g/mol. The number of unbranched alkanes of at least 4 members (excludes halogenated alkanes) is 11. The van der Waals surface area contributed by atoms with Gasteiger partial charge in [-0.2, -0.15) is 0 Å². The molecule has 2 atom stereocenters. The molecule has 2 heteroatoms. The van der Waals surface area contributed by atoms with E-state index in [0.29, 0.717) is 6.42 Å². The molecule has 0 aliphatic heterocycles. The Morgan fingerprint density at radius 2 is 0.909 bits per heavy atom. The van der Waals surface area contributed by atoms with Crippen molar-refractivity contribution in [2.75, 3.05) is 0 Å². The molecule has 0 aromatic carbocycles. The molecule has 2 unspecified atom stereocenters. The Morgan fingerprint density at radius 1 is 0.500 bits per heavy atom. The molecule has 22 heavy (non-hydrogen) atoms. The first kappa shape index (κ1) is 21.9. The second-order valence-corrected chi connectivity index (χ2v) is 7.01. The zero-order chi connectivity index (χ0) is 16.5. The summed E-state index contributed by atoms with van der Waals surface area (Å²) < 4.78 is 0. The maximum atomic E-state index is 9.85. The van der Waals surface area contributed by atoms with Gasteiger partial charge in [0.1, 0.15) is 0 Å². The summed E-state index contributed by atoms with van der Waals surface area (Å²) in [4.78, 5) is 0. The van der Waals surface area contributed by atoms with Crippen LogP contribution in [0.3, 0.4) is 0 Å². The highest BCUT2D eigenvalue weighted by Gasteiger charge is 2.10. The van der Waals surface area contributed by atoms with Crippen molar-refractivity contribution in [3.05, 3.63) is 0 Å². The number of rotatable bonds is 17. The zero-order valence-electron chi connectivity index (χ0n) is 15.4. The number of hydrogen-bond donors (Lipinski definition) is 2. The lowest BCUT2D eigenvalue weighted by Crippen LogP contribution is -2.17. The van der Waals surface area contributed by atoms with Crippen LogP contribution >= 0.6 is 0 Å². The van der Waals surface area contributed by atoms with E-state index in [4.69, 9.17) is 0 Å². The van der Waals surface area contributed by atoms with Gasteiger partial charge >= 0.3 is 0 Å². The van der Waals surface area contributed by atoms with E-state index in [1.54, 1.807) is 0 Å². The first-order valence-corrected chi connectivity index (χ1v) is 10.1. The second-order valence-electron chi connectivity index (χ2n) is 7.01. The third-order valence-corrected chi connectivity index (χ3v) is 4.56. The van der Waals surface area contributed by atoms with E-state index < -0.39 is 0 Å². The Hall–Kier alpha value is -0.0800. The molecule has 0 amide bonds. The molecule has 0 saturated heterocycles. The van der Waals surface area contributed by atoms with Crippen molar-refractivity contribution >= 4 is 0 Å². The van der Waals surface area contributed by atoms with Gasteiger partial charge in [-0.3, -0.25) is 0 Å². The minimum Gasteiger partial charge on any atom is -0.393 e. The van der Waals surface area contributed by atoms with Gasteiger partial charge in [-0.1, -0.05) is 97.3 Å². The monoisotopic (exact) mass is 314 g/mol. The molecule has 0 fully saturated rings. The normalized spacial score (nSPS) is 14.2. The fourth-order valence-electron chi connectivity index (χ4n) is 3.10. The lowest BCUT2D eigenvalue weighted by molar-refractivity contribution is 0.0692. The highest BCUT2D eigenvalue weighted by atomic mass is 16.3. The second kappa shape index (κ2) is 17.3. The molecule has 0 aliphatic carbocycles. The van der Waals surface area contributed by atoms with Crippen molar-refractivity contribution in [1.82, 2.24) is 0 Å². The van der Waals surface area contributed by atoms with Crippen molar-refractivity contribution in [2.45, 2.75) is 129 Å². The fraction of sp³-hybridized carbons (Fsp3) is 1.00. The molecular formula is C20H42O2. The average Bonchev–Trinajstić information content (AvgIpc) is 2.48. The van der Waals surface area contributed by atoms with E-state index >= 15 is 0 Å². The van der Waals surface area contributed by atoms with Crippen LogP contribution in [0.1, 0.15) is 117 Å². The Kier molecular flexibility index (Phi) is 17.2. The van der Waals surface area contributed by atoms with E-state index in [1.807, 2.05) is 0 Å². The van der Waals surface area contributed by atoms with E-state index in [9.17, 15) is 10.2 Å². The van der Waals surface area contributed by atoms with Gasteiger partial charge in [0.25, 0.3) is 0 Å². The maximum absolute atomic E-state index is 9.85. The van der Waals surface area contributed by atoms with Gasteiger partial charge in [-0.15, -0.1) is 0 Å². The van der Waals surface area contributed by atoms with Gasteiger partial charge in [0, 0.05) is 0 Å². The molecule has 134 valence electrons. The Balaban J connectivity index is 3.16. The third-order valence-electron chi connectivity index (χ3n) is 4.56. The summed E-state index contributed by atoms with van der Waals surface area (Å²) in [5, 5.41) is 19.5. The van der Waals surface area contributed by atoms with Crippen LogP contribution in [0, 0.1) is 0 Å². The van der Waals surface area contributed by atoms with Crippen molar-refractivity contribution < 1.29 is 10.2 Å². The lowest BCUT2D eigenvalue weighted by atomic mass is 10.0. The summed E-state index contributed by atoms with van der Waals surface area (Å²) in [6.07, 6.45) is 18.8. The van der Waals surface area contributed by atoms with Crippen LogP contribution in [-0.4, -0.2) is 22.4 Å². The summed E-state index contributed by atoms with van der Waals surface area (Å²) >= 11 is 0. The van der Waals surface area contributed by atoms with Crippen LogP contribution in [0.15, 0.2) is 0 Å². The minimum atomic E-state index is -0.308. The van der Waals surface area contributed by atoms with E-state index in [2.05, 4.69) is 13.8 Å². The predicted molar refractivity (Wildman–Crippen MR) is 97.2 cm³/mol. The van der Waals surface area contributed by atoms with Crippen LogP contribution in [0.4, 0.5) is 0 Å². The number of aliphatic hydroxyl groups is 2. The largest absolute Gasteiger partial charge is 0.393 e. The topological polar surface area (TPSA) is 40.5 Å². The van der Waals surface area contributed by atoms with Crippen molar-refractivity contribution in [3.63, 3.8) is 0 Å². The lowest BCUT2D eigenvalue weighted by Gasteiger charge is -2.14. The van der Waals surface area contributed by atoms with Gasteiger partial charge in [-0.25, -0.2) is 0 Å². The Morgan fingerprint density at radius 3 is 1.36 bits per heavy atom. The molecule has 2 nitrogen and oxygen atoms in total. The summed E-state index contributed by atoms with van der Waals surface area (Å²) in [5.74, 6) is 0. The summed E-state index contributed by atoms with van der Waals surface area (Å²) in [5.41, 5.74) is 0. The van der Waals surface area contributed by atoms with Gasteiger partial charge in [0.2, 0.25) is 0 Å². The Labute approximate surface area is 139 Å². The Bertz CT molecular complexity index is 206. The number of hydrogen-bond acceptors (Lipinski definition) is 2. The first-order valence-electron chi connectivity index (χ1n) is 10.1. The highest BCUT2D eigenvalue weighted by Crippen LogP contribution is 2.14. The van der Waals surface area contributed by atoms with Crippen LogP contribution in [0.2, 0.25) is 0 Å². The van der Waals surface area contributed by atoms with Gasteiger partial charge in [0.15, 0.2) is 0 Å². The smallest absolute Gasteiger partial charge is 0.0564 e.